The molecule has 0 bridgehead atoms. The lowest BCUT2D eigenvalue weighted by Gasteiger charge is -2.13. The second kappa shape index (κ2) is 4.89. The van der Waals surface area contributed by atoms with Crippen molar-refractivity contribution in [1.29, 1.82) is 0 Å². The van der Waals surface area contributed by atoms with Crippen LogP contribution in [-0.4, -0.2) is 20.1 Å². The lowest BCUT2D eigenvalue weighted by atomic mass is 9.97. The quantitative estimate of drug-likeness (QED) is 0.932. The van der Waals surface area contributed by atoms with Crippen LogP contribution in [0, 0.1) is 0 Å². The third-order valence-electron chi connectivity index (χ3n) is 3.48. The number of hydrogen-bond donors (Lipinski definition) is 1. The Morgan fingerprint density at radius 2 is 1.90 bits per heavy atom. The molecule has 1 aliphatic heterocycles. The molecule has 0 unspecified atom stereocenters. The fourth-order valence-electron chi connectivity index (χ4n) is 2.53. The van der Waals surface area contributed by atoms with Gasteiger partial charge < -0.3 is 14.8 Å². The summed E-state index contributed by atoms with van der Waals surface area (Å²) in [6.07, 6.45) is 0.395. The number of fused-ring (bicyclic) bond motifs is 1. The van der Waals surface area contributed by atoms with Crippen molar-refractivity contribution in [2.75, 3.05) is 19.5 Å². The molecule has 0 saturated heterocycles. The van der Waals surface area contributed by atoms with Gasteiger partial charge in [0.2, 0.25) is 5.91 Å². The highest BCUT2D eigenvalue weighted by Crippen LogP contribution is 2.39. The minimum absolute atomic E-state index is 0.0225. The molecule has 102 valence electrons. The maximum atomic E-state index is 11.6. The summed E-state index contributed by atoms with van der Waals surface area (Å²) >= 11 is 0. The summed E-state index contributed by atoms with van der Waals surface area (Å²) in [7, 11) is 3.27. The van der Waals surface area contributed by atoms with Crippen LogP contribution in [0.5, 0.6) is 11.5 Å². The molecule has 1 aliphatic rings. The lowest BCUT2D eigenvalue weighted by molar-refractivity contribution is -0.115. The summed E-state index contributed by atoms with van der Waals surface area (Å²) in [6.45, 7) is 0. The Balaban J connectivity index is 2.19. The van der Waals surface area contributed by atoms with Crippen LogP contribution >= 0.6 is 0 Å². The molecule has 2 aromatic carbocycles. The van der Waals surface area contributed by atoms with Crippen molar-refractivity contribution in [1.82, 2.24) is 0 Å². The zero-order valence-corrected chi connectivity index (χ0v) is 11.4. The van der Waals surface area contributed by atoms with Gasteiger partial charge in [-0.1, -0.05) is 12.1 Å². The molecule has 0 radical (unpaired) electrons. The maximum Gasteiger partial charge on any atom is 0.228 e. The molecular formula is C16H15NO3. The molecular weight excluding hydrogens is 254 g/mol. The van der Waals surface area contributed by atoms with Gasteiger partial charge in [0.1, 0.15) is 11.5 Å². The van der Waals surface area contributed by atoms with Gasteiger partial charge in [0, 0.05) is 11.3 Å². The van der Waals surface area contributed by atoms with Crippen LogP contribution < -0.4 is 14.8 Å². The van der Waals surface area contributed by atoms with Crippen LogP contribution in [0.2, 0.25) is 0 Å². The number of methoxy groups -OCH3 is 2. The predicted octanol–water partition coefficient (Wildman–Crippen LogP) is 2.87. The predicted molar refractivity (Wildman–Crippen MR) is 77.3 cm³/mol. The Morgan fingerprint density at radius 1 is 1.05 bits per heavy atom. The van der Waals surface area contributed by atoms with Gasteiger partial charge >= 0.3 is 0 Å². The van der Waals surface area contributed by atoms with Crippen molar-refractivity contribution in [2.45, 2.75) is 6.42 Å². The first-order valence-electron chi connectivity index (χ1n) is 6.37. The molecule has 4 nitrogen and oxygen atoms in total. The van der Waals surface area contributed by atoms with Crippen LogP contribution in [0.15, 0.2) is 36.4 Å². The Hall–Kier alpha value is -2.49. The molecule has 1 N–H and O–H groups in total. The molecule has 0 spiro atoms. The van der Waals surface area contributed by atoms with E-state index in [-0.39, 0.29) is 5.91 Å². The summed E-state index contributed by atoms with van der Waals surface area (Å²) < 4.78 is 10.7. The molecule has 4 heteroatoms. The van der Waals surface area contributed by atoms with Gasteiger partial charge in [0.15, 0.2) is 0 Å². The lowest BCUT2D eigenvalue weighted by Crippen LogP contribution is -2.03. The van der Waals surface area contributed by atoms with E-state index in [0.29, 0.717) is 6.42 Å². The first kappa shape index (κ1) is 12.5. The number of hydrogen-bond acceptors (Lipinski definition) is 3. The van der Waals surface area contributed by atoms with Gasteiger partial charge in [-0.2, -0.15) is 0 Å². The SMILES string of the molecule is COc1ccc(OC)c(-c2cccc3c2CC(=O)N3)c1. The van der Waals surface area contributed by atoms with E-state index in [0.717, 1.165) is 33.9 Å². The number of carbonyl (C=O) groups is 1. The number of carbonyl (C=O) groups excluding carboxylic acids is 1. The van der Waals surface area contributed by atoms with Crippen LogP contribution in [0.1, 0.15) is 5.56 Å². The maximum absolute atomic E-state index is 11.6. The van der Waals surface area contributed by atoms with Gasteiger partial charge in [-0.25, -0.2) is 0 Å². The summed E-state index contributed by atoms with van der Waals surface area (Å²) in [6, 6.07) is 11.5. The zero-order chi connectivity index (χ0) is 14.1. The normalized spacial score (nSPS) is 12.8. The number of nitrogens with one attached hydrogen (secondary N) is 1. The van der Waals surface area contributed by atoms with E-state index < -0.39 is 0 Å². The Labute approximate surface area is 117 Å². The highest BCUT2D eigenvalue weighted by Gasteiger charge is 2.22. The van der Waals surface area contributed by atoms with E-state index in [1.165, 1.54) is 0 Å². The van der Waals surface area contributed by atoms with Gasteiger partial charge in [-0.3, -0.25) is 4.79 Å². The molecule has 0 aliphatic carbocycles. The molecule has 1 heterocycles. The van der Waals surface area contributed by atoms with Crippen molar-refractivity contribution in [3.05, 3.63) is 42.0 Å². The van der Waals surface area contributed by atoms with E-state index in [1.54, 1.807) is 14.2 Å². The average Bonchev–Trinajstić information content (AvgIpc) is 2.86. The van der Waals surface area contributed by atoms with E-state index in [9.17, 15) is 4.79 Å². The average molecular weight is 269 g/mol. The largest absolute Gasteiger partial charge is 0.497 e. The number of rotatable bonds is 3. The fraction of sp³-hybridized carbons (Fsp3) is 0.188. The minimum atomic E-state index is 0.0225. The number of amides is 1. The topological polar surface area (TPSA) is 47.6 Å². The number of ether oxygens (including phenoxy) is 2. The Kier molecular flexibility index (Phi) is 3.06. The monoisotopic (exact) mass is 269 g/mol. The standard InChI is InChI=1S/C16H15NO3/c1-19-10-6-7-15(20-2)13(8-10)11-4-3-5-14-12(11)9-16(18)17-14/h3-8H,9H2,1-2H3,(H,17,18). The molecule has 0 aromatic heterocycles. The summed E-state index contributed by atoms with van der Waals surface area (Å²) in [4.78, 5) is 11.6. The van der Waals surface area contributed by atoms with Crippen LogP contribution in [0.3, 0.4) is 0 Å². The second-order valence-corrected chi connectivity index (χ2v) is 4.62. The van der Waals surface area contributed by atoms with E-state index in [2.05, 4.69) is 5.32 Å². The second-order valence-electron chi connectivity index (χ2n) is 4.62. The van der Waals surface area contributed by atoms with Gasteiger partial charge in [0.05, 0.1) is 20.6 Å². The van der Waals surface area contributed by atoms with Gasteiger partial charge in [-0.05, 0) is 35.4 Å². The van der Waals surface area contributed by atoms with E-state index in [4.69, 9.17) is 9.47 Å². The number of anilines is 1. The zero-order valence-electron chi connectivity index (χ0n) is 11.4. The molecule has 2 aromatic rings. The summed E-state index contributed by atoms with van der Waals surface area (Å²) in [5.41, 5.74) is 3.80. The minimum Gasteiger partial charge on any atom is -0.497 e. The van der Waals surface area contributed by atoms with Crippen molar-refractivity contribution in [2.24, 2.45) is 0 Å². The molecule has 0 saturated carbocycles. The smallest absolute Gasteiger partial charge is 0.228 e. The molecule has 0 atom stereocenters. The first-order chi connectivity index (χ1) is 9.72. The fourth-order valence-corrected chi connectivity index (χ4v) is 2.53. The Morgan fingerprint density at radius 3 is 2.65 bits per heavy atom. The third-order valence-corrected chi connectivity index (χ3v) is 3.48. The molecule has 0 fully saturated rings. The first-order valence-corrected chi connectivity index (χ1v) is 6.37. The highest BCUT2D eigenvalue weighted by molar-refractivity contribution is 6.02. The number of benzene rings is 2. The van der Waals surface area contributed by atoms with Crippen molar-refractivity contribution >= 4 is 11.6 Å². The van der Waals surface area contributed by atoms with E-state index >= 15 is 0 Å². The van der Waals surface area contributed by atoms with Gasteiger partial charge in [0.25, 0.3) is 0 Å². The van der Waals surface area contributed by atoms with Crippen LogP contribution in [0.4, 0.5) is 5.69 Å². The van der Waals surface area contributed by atoms with Crippen molar-refractivity contribution in [3.8, 4) is 22.6 Å². The molecule has 20 heavy (non-hydrogen) atoms. The Bertz CT molecular complexity index is 679. The van der Waals surface area contributed by atoms with Crippen molar-refractivity contribution in [3.63, 3.8) is 0 Å². The summed E-state index contributed by atoms with van der Waals surface area (Å²) in [5.74, 6) is 1.54. The van der Waals surface area contributed by atoms with Gasteiger partial charge in [-0.15, -0.1) is 0 Å². The molecule has 3 rings (SSSR count). The van der Waals surface area contributed by atoms with E-state index in [1.807, 2.05) is 36.4 Å². The highest BCUT2D eigenvalue weighted by atomic mass is 16.5. The third kappa shape index (κ3) is 1.99. The van der Waals surface area contributed by atoms with Crippen molar-refractivity contribution < 1.29 is 14.3 Å². The summed E-state index contributed by atoms with van der Waals surface area (Å²) in [5, 5.41) is 2.86. The van der Waals surface area contributed by atoms with Crippen LogP contribution in [0.25, 0.3) is 11.1 Å². The molecule has 1 amide bonds. The van der Waals surface area contributed by atoms with Crippen LogP contribution in [-0.2, 0) is 11.2 Å².